The Bertz CT molecular complexity index is 1070. The van der Waals surface area contributed by atoms with E-state index in [0.29, 0.717) is 29.1 Å². The van der Waals surface area contributed by atoms with Gasteiger partial charge in [-0.25, -0.2) is 14.6 Å². The molecule has 3 heterocycles. The molecule has 156 valence electrons. The third-order valence-corrected chi connectivity index (χ3v) is 6.53. The number of carbonyl (C=O) groups excluding carboxylic acids is 2. The maximum absolute atomic E-state index is 13.0. The van der Waals surface area contributed by atoms with Gasteiger partial charge in [-0.2, -0.15) is 0 Å². The Kier molecular flexibility index (Phi) is 5.25. The molecule has 2 aliphatic heterocycles. The van der Waals surface area contributed by atoms with E-state index in [2.05, 4.69) is 10.3 Å². The number of carboxylic acids is 1. The quantitative estimate of drug-likeness (QED) is 0.703. The van der Waals surface area contributed by atoms with Crippen LogP contribution >= 0.6 is 22.9 Å². The number of halogens is 1. The summed E-state index contributed by atoms with van der Waals surface area (Å²) in [4.78, 5) is 43.3. The van der Waals surface area contributed by atoms with E-state index in [1.165, 1.54) is 30.5 Å². The lowest BCUT2D eigenvalue weighted by molar-refractivity contribution is -0.131. The molecule has 2 aromatic rings. The van der Waals surface area contributed by atoms with Crippen LogP contribution in [0.3, 0.4) is 0 Å². The Balaban J connectivity index is 1.69. The molecule has 1 unspecified atom stereocenters. The molecule has 0 radical (unpaired) electrons. The molecule has 4 rings (SSSR count). The van der Waals surface area contributed by atoms with Gasteiger partial charge in [-0.15, -0.1) is 0 Å². The summed E-state index contributed by atoms with van der Waals surface area (Å²) in [6, 6.07) is 5.17. The van der Waals surface area contributed by atoms with Gasteiger partial charge in [-0.05, 0) is 35.8 Å². The number of hydrogen-bond acceptors (Lipinski definition) is 5. The van der Waals surface area contributed by atoms with E-state index in [4.69, 9.17) is 16.7 Å². The van der Waals surface area contributed by atoms with Gasteiger partial charge in [-0.1, -0.05) is 29.0 Å². The number of rotatable bonds is 3. The van der Waals surface area contributed by atoms with Gasteiger partial charge >= 0.3 is 12.0 Å². The van der Waals surface area contributed by atoms with Crippen LogP contribution < -0.4 is 10.2 Å². The number of benzene rings is 1. The Morgan fingerprint density at radius 3 is 2.77 bits per heavy atom. The zero-order valence-electron chi connectivity index (χ0n) is 16.1. The standard InChI is InChI=1S/C20H19ClN4O4S/c1-12(26)24-7-6-20(10-24)11-25(19(29)23-18-22-9-16(21)30-18)15-4-2-13(8-14(15)20)3-5-17(27)28/h2-5,8-9H,6-7,10-11H2,1H3,(H,27,28)(H,22,23,29)/b5-3+. The van der Waals surface area contributed by atoms with Crippen LogP contribution in [0.25, 0.3) is 6.08 Å². The molecule has 3 amide bonds. The van der Waals surface area contributed by atoms with Crippen LogP contribution in [-0.2, 0) is 15.0 Å². The number of amides is 3. The second-order valence-corrected chi connectivity index (χ2v) is 9.07. The molecule has 10 heteroatoms. The Hall–Kier alpha value is -2.91. The first-order chi connectivity index (χ1) is 14.3. The Morgan fingerprint density at radius 1 is 1.33 bits per heavy atom. The van der Waals surface area contributed by atoms with E-state index in [0.717, 1.165) is 29.3 Å². The molecular weight excluding hydrogens is 428 g/mol. The van der Waals surface area contributed by atoms with Gasteiger partial charge in [0.05, 0.1) is 6.20 Å². The maximum Gasteiger partial charge on any atom is 0.328 e. The van der Waals surface area contributed by atoms with E-state index in [1.807, 2.05) is 12.1 Å². The minimum atomic E-state index is -1.03. The molecule has 1 aromatic carbocycles. The highest BCUT2D eigenvalue weighted by molar-refractivity contribution is 7.19. The predicted molar refractivity (Wildman–Crippen MR) is 115 cm³/mol. The summed E-state index contributed by atoms with van der Waals surface area (Å²) >= 11 is 7.08. The number of hydrogen-bond donors (Lipinski definition) is 2. The average molecular weight is 447 g/mol. The highest BCUT2D eigenvalue weighted by Crippen LogP contribution is 2.47. The number of carboxylic acid groups (broad SMARTS) is 1. The highest BCUT2D eigenvalue weighted by Gasteiger charge is 2.49. The molecule has 30 heavy (non-hydrogen) atoms. The first kappa shape index (κ1) is 20.4. The first-order valence-corrected chi connectivity index (χ1v) is 10.5. The van der Waals surface area contributed by atoms with Gasteiger partial charge in [0.25, 0.3) is 0 Å². The lowest BCUT2D eigenvalue weighted by atomic mass is 9.81. The van der Waals surface area contributed by atoms with Crippen LogP contribution in [0.1, 0.15) is 24.5 Å². The number of carbonyl (C=O) groups is 3. The summed E-state index contributed by atoms with van der Waals surface area (Å²) < 4.78 is 0.478. The van der Waals surface area contributed by atoms with Crippen LogP contribution in [0, 0.1) is 0 Å². The number of thiazole rings is 1. The van der Waals surface area contributed by atoms with Gasteiger partial charge in [0, 0.05) is 43.7 Å². The minimum Gasteiger partial charge on any atom is -0.478 e. The van der Waals surface area contributed by atoms with Crippen molar-refractivity contribution in [3.63, 3.8) is 0 Å². The van der Waals surface area contributed by atoms with E-state index < -0.39 is 11.4 Å². The number of likely N-dealkylation sites (tertiary alicyclic amines) is 1. The summed E-state index contributed by atoms with van der Waals surface area (Å²) in [6.45, 7) is 3.08. The lowest BCUT2D eigenvalue weighted by Crippen LogP contribution is -2.41. The SMILES string of the molecule is CC(=O)N1CCC2(C1)CN(C(=O)Nc1ncc(Cl)s1)c1ccc(/C=C/C(=O)O)cc12. The summed E-state index contributed by atoms with van der Waals surface area (Å²) in [5.74, 6) is -1.03. The van der Waals surface area contributed by atoms with Crippen molar-refractivity contribution in [2.45, 2.75) is 18.8 Å². The first-order valence-electron chi connectivity index (χ1n) is 9.28. The summed E-state index contributed by atoms with van der Waals surface area (Å²) in [5.41, 5.74) is 2.01. The number of nitrogens with one attached hydrogen (secondary N) is 1. The second-order valence-electron chi connectivity index (χ2n) is 7.40. The molecule has 2 aliphatic rings. The fourth-order valence-electron chi connectivity index (χ4n) is 4.10. The number of nitrogens with zero attached hydrogens (tertiary/aromatic N) is 3. The predicted octanol–water partition coefficient (Wildman–Crippen LogP) is 3.44. The van der Waals surface area contributed by atoms with Gasteiger partial charge < -0.3 is 10.0 Å². The number of aromatic nitrogens is 1. The number of anilines is 2. The van der Waals surface area contributed by atoms with Crippen LogP contribution in [-0.4, -0.2) is 52.5 Å². The molecule has 0 bridgehead atoms. The number of urea groups is 1. The molecule has 1 atom stereocenters. The molecule has 1 aromatic heterocycles. The van der Waals surface area contributed by atoms with E-state index in [1.54, 1.807) is 15.9 Å². The van der Waals surface area contributed by atoms with Crippen molar-refractivity contribution < 1.29 is 19.5 Å². The van der Waals surface area contributed by atoms with Crippen molar-refractivity contribution in [3.8, 4) is 0 Å². The molecule has 8 nitrogen and oxygen atoms in total. The maximum atomic E-state index is 13.0. The Morgan fingerprint density at radius 2 is 2.13 bits per heavy atom. The smallest absolute Gasteiger partial charge is 0.328 e. The summed E-state index contributed by atoms with van der Waals surface area (Å²) in [6.07, 6.45) is 4.80. The minimum absolute atomic E-state index is 0.00400. The summed E-state index contributed by atoms with van der Waals surface area (Å²) in [7, 11) is 0. The number of aliphatic carboxylic acids is 1. The zero-order chi connectivity index (χ0) is 21.5. The average Bonchev–Trinajstić information content (AvgIpc) is 3.39. The topological polar surface area (TPSA) is 103 Å². The monoisotopic (exact) mass is 446 g/mol. The van der Waals surface area contributed by atoms with Crippen LogP contribution in [0.2, 0.25) is 4.34 Å². The molecule has 0 aliphatic carbocycles. The van der Waals surface area contributed by atoms with Crippen molar-refractivity contribution in [2.24, 2.45) is 0 Å². The van der Waals surface area contributed by atoms with Crippen LogP contribution in [0.5, 0.6) is 0 Å². The molecule has 1 spiro atoms. The Labute approximate surface area is 181 Å². The van der Waals surface area contributed by atoms with Crippen molar-refractivity contribution in [2.75, 3.05) is 29.9 Å². The lowest BCUT2D eigenvalue weighted by Gasteiger charge is -2.25. The second kappa shape index (κ2) is 7.73. The van der Waals surface area contributed by atoms with E-state index in [9.17, 15) is 14.4 Å². The van der Waals surface area contributed by atoms with Crippen molar-refractivity contribution in [3.05, 3.63) is 45.9 Å². The largest absolute Gasteiger partial charge is 0.478 e. The summed E-state index contributed by atoms with van der Waals surface area (Å²) in [5, 5.41) is 12.1. The number of fused-ring (bicyclic) bond motifs is 2. The molecule has 0 saturated carbocycles. The van der Waals surface area contributed by atoms with Crippen molar-refractivity contribution in [1.29, 1.82) is 0 Å². The van der Waals surface area contributed by atoms with Crippen LogP contribution in [0.4, 0.5) is 15.6 Å². The van der Waals surface area contributed by atoms with E-state index >= 15 is 0 Å². The third kappa shape index (κ3) is 3.78. The van der Waals surface area contributed by atoms with Crippen molar-refractivity contribution in [1.82, 2.24) is 9.88 Å². The van der Waals surface area contributed by atoms with Gasteiger partial charge in [0.15, 0.2) is 5.13 Å². The molecule has 2 N–H and O–H groups in total. The molecule has 1 saturated heterocycles. The van der Waals surface area contributed by atoms with Crippen molar-refractivity contribution >= 4 is 57.7 Å². The van der Waals surface area contributed by atoms with E-state index in [-0.39, 0.29) is 11.9 Å². The molecule has 1 fully saturated rings. The van der Waals surface area contributed by atoms with Gasteiger partial charge in [-0.3, -0.25) is 15.0 Å². The molecular formula is C20H19ClN4O4S. The highest BCUT2D eigenvalue weighted by atomic mass is 35.5. The normalized spacial score (nSPS) is 20.2. The zero-order valence-corrected chi connectivity index (χ0v) is 17.7. The fraction of sp³-hybridized carbons (Fsp3) is 0.300. The van der Waals surface area contributed by atoms with Crippen LogP contribution in [0.15, 0.2) is 30.5 Å². The third-order valence-electron chi connectivity index (χ3n) is 5.50. The van der Waals surface area contributed by atoms with Gasteiger partial charge in [0.1, 0.15) is 4.34 Å². The fourth-order valence-corrected chi connectivity index (χ4v) is 4.90. The van der Waals surface area contributed by atoms with Gasteiger partial charge in [0.2, 0.25) is 5.91 Å².